The van der Waals surface area contributed by atoms with Crippen LogP contribution in [0.3, 0.4) is 0 Å². The lowest BCUT2D eigenvalue weighted by molar-refractivity contribution is 0.815. The third-order valence-corrected chi connectivity index (χ3v) is 3.52. The second-order valence-electron chi connectivity index (χ2n) is 4.50. The maximum Gasteiger partial charge on any atom is 0.243 e. The number of nitrogens with zero attached hydrogens (tertiary/aromatic N) is 3. The van der Waals surface area contributed by atoms with Crippen molar-refractivity contribution in [2.45, 2.75) is 32.1 Å². The number of rotatable bonds is 6. The van der Waals surface area contributed by atoms with E-state index in [1.807, 2.05) is 30.3 Å². The van der Waals surface area contributed by atoms with Crippen molar-refractivity contribution in [3.8, 4) is 0 Å². The Morgan fingerprint density at radius 2 is 1.75 bits per heavy atom. The Bertz CT molecular complexity index is 545. The highest BCUT2D eigenvalue weighted by Gasteiger charge is 2.10. The van der Waals surface area contributed by atoms with Gasteiger partial charge in [-0.3, -0.25) is 0 Å². The van der Waals surface area contributed by atoms with Crippen LogP contribution in [-0.4, -0.2) is 21.7 Å². The summed E-state index contributed by atoms with van der Waals surface area (Å²) in [5, 5.41) is 11.3. The first-order valence-electron chi connectivity index (χ1n) is 6.90. The molecule has 0 spiro atoms. The van der Waals surface area contributed by atoms with Gasteiger partial charge in [-0.25, -0.2) is 4.98 Å². The number of hydrogen-bond donors (Lipinski definition) is 1. The zero-order valence-corrected chi connectivity index (χ0v) is 12.6. The van der Waals surface area contributed by atoms with Crippen molar-refractivity contribution in [2.24, 2.45) is 0 Å². The fraction of sp³-hybridized carbons (Fsp3) is 0.400. The molecule has 1 unspecified atom stereocenters. The smallest absolute Gasteiger partial charge is 0.243 e. The van der Waals surface area contributed by atoms with Gasteiger partial charge in [-0.2, -0.15) is 5.10 Å². The van der Waals surface area contributed by atoms with Crippen LogP contribution in [0.25, 0.3) is 0 Å². The maximum absolute atomic E-state index is 6.35. The summed E-state index contributed by atoms with van der Waals surface area (Å²) in [5.41, 5.74) is 3.04. The second-order valence-corrected chi connectivity index (χ2v) is 5.02. The predicted molar refractivity (Wildman–Crippen MR) is 82.1 cm³/mol. The Morgan fingerprint density at radius 3 is 2.40 bits per heavy atom. The van der Waals surface area contributed by atoms with E-state index in [9.17, 15) is 0 Å². The van der Waals surface area contributed by atoms with Crippen molar-refractivity contribution in [1.82, 2.24) is 15.2 Å². The molecule has 0 amide bonds. The molecule has 1 atom stereocenters. The highest BCUT2D eigenvalue weighted by molar-refractivity contribution is 6.21. The van der Waals surface area contributed by atoms with Gasteiger partial charge in [0.25, 0.3) is 0 Å². The first-order valence-corrected chi connectivity index (χ1v) is 7.33. The molecular weight excluding hydrogens is 272 g/mol. The zero-order chi connectivity index (χ0) is 14.4. The predicted octanol–water partition coefficient (Wildman–Crippen LogP) is 3.39. The van der Waals surface area contributed by atoms with Crippen LogP contribution in [0, 0.1) is 0 Å². The van der Waals surface area contributed by atoms with E-state index in [1.54, 1.807) is 0 Å². The summed E-state index contributed by atoms with van der Waals surface area (Å²) in [6.07, 6.45) is 1.71. The lowest BCUT2D eigenvalue weighted by Gasteiger charge is -2.12. The monoisotopic (exact) mass is 290 g/mol. The number of aromatic nitrogens is 3. The topological polar surface area (TPSA) is 50.7 Å². The van der Waals surface area contributed by atoms with Gasteiger partial charge in [0.15, 0.2) is 0 Å². The van der Waals surface area contributed by atoms with E-state index in [2.05, 4.69) is 34.3 Å². The molecule has 0 fully saturated rings. The minimum Gasteiger partial charge on any atom is -0.351 e. The molecular formula is C15H19ClN4. The molecule has 0 radical (unpaired) electrons. The van der Waals surface area contributed by atoms with Gasteiger partial charge in [-0.05, 0) is 18.4 Å². The molecule has 4 nitrogen and oxygen atoms in total. The van der Waals surface area contributed by atoms with Gasteiger partial charge in [0.05, 0.1) is 16.8 Å². The molecule has 2 rings (SSSR count). The van der Waals surface area contributed by atoms with Crippen LogP contribution in [0.15, 0.2) is 30.3 Å². The fourth-order valence-electron chi connectivity index (χ4n) is 1.97. The van der Waals surface area contributed by atoms with Crippen molar-refractivity contribution >= 4 is 17.5 Å². The molecule has 1 N–H and O–H groups in total. The summed E-state index contributed by atoms with van der Waals surface area (Å²) < 4.78 is 0. The largest absolute Gasteiger partial charge is 0.351 e. The third kappa shape index (κ3) is 3.67. The summed E-state index contributed by atoms with van der Waals surface area (Å²) in [5.74, 6) is 0.542. The van der Waals surface area contributed by atoms with Gasteiger partial charge >= 0.3 is 0 Å². The molecule has 2 aromatic rings. The Labute approximate surface area is 124 Å². The Morgan fingerprint density at radius 1 is 1.05 bits per heavy atom. The van der Waals surface area contributed by atoms with Gasteiger partial charge in [0.2, 0.25) is 5.95 Å². The molecule has 0 aliphatic rings. The standard InChI is InChI=1S/C15H19ClN4/c1-3-13-14(4-2)19-20-15(18-13)17-10-12(16)11-8-6-5-7-9-11/h5-9,12H,3-4,10H2,1-2H3,(H,17,18,20). The van der Waals surface area contributed by atoms with E-state index in [-0.39, 0.29) is 5.38 Å². The van der Waals surface area contributed by atoms with Crippen LogP contribution in [-0.2, 0) is 12.8 Å². The van der Waals surface area contributed by atoms with E-state index < -0.39 is 0 Å². The van der Waals surface area contributed by atoms with E-state index in [0.29, 0.717) is 12.5 Å². The average molecular weight is 291 g/mol. The average Bonchev–Trinajstić information content (AvgIpc) is 2.53. The minimum absolute atomic E-state index is 0.115. The van der Waals surface area contributed by atoms with Gasteiger partial charge in [-0.1, -0.05) is 44.2 Å². The fourth-order valence-corrected chi connectivity index (χ4v) is 2.20. The molecule has 106 valence electrons. The number of halogens is 1. The van der Waals surface area contributed by atoms with Crippen molar-refractivity contribution in [2.75, 3.05) is 11.9 Å². The van der Waals surface area contributed by atoms with E-state index in [1.165, 1.54) is 0 Å². The van der Waals surface area contributed by atoms with Gasteiger partial charge < -0.3 is 5.32 Å². The summed E-state index contributed by atoms with van der Waals surface area (Å²) in [7, 11) is 0. The van der Waals surface area contributed by atoms with Crippen molar-refractivity contribution in [3.05, 3.63) is 47.3 Å². The molecule has 0 aliphatic heterocycles. The van der Waals surface area contributed by atoms with E-state index >= 15 is 0 Å². The van der Waals surface area contributed by atoms with Crippen LogP contribution in [0.1, 0.15) is 36.2 Å². The number of anilines is 1. The number of alkyl halides is 1. The Hall–Kier alpha value is -1.68. The normalized spacial score (nSPS) is 12.2. The van der Waals surface area contributed by atoms with Crippen molar-refractivity contribution < 1.29 is 0 Å². The lowest BCUT2D eigenvalue weighted by Crippen LogP contribution is -2.13. The van der Waals surface area contributed by atoms with Crippen LogP contribution >= 0.6 is 11.6 Å². The number of hydrogen-bond acceptors (Lipinski definition) is 4. The van der Waals surface area contributed by atoms with E-state index in [4.69, 9.17) is 11.6 Å². The molecule has 0 saturated carbocycles. The Balaban J connectivity index is 2.00. The molecule has 0 saturated heterocycles. The molecule has 0 aliphatic carbocycles. The van der Waals surface area contributed by atoms with Gasteiger partial charge in [0, 0.05) is 6.54 Å². The summed E-state index contributed by atoms with van der Waals surface area (Å²) in [6, 6.07) is 9.96. The van der Waals surface area contributed by atoms with Gasteiger partial charge in [0.1, 0.15) is 0 Å². The summed E-state index contributed by atoms with van der Waals surface area (Å²) in [6.45, 7) is 4.70. The molecule has 1 aromatic heterocycles. The van der Waals surface area contributed by atoms with Crippen LogP contribution in [0.5, 0.6) is 0 Å². The first-order chi connectivity index (χ1) is 9.74. The number of aryl methyl sites for hydroxylation is 2. The van der Waals surface area contributed by atoms with Crippen molar-refractivity contribution in [1.29, 1.82) is 0 Å². The first kappa shape index (κ1) is 14.7. The number of benzene rings is 1. The second kappa shape index (κ2) is 7.20. The van der Waals surface area contributed by atoms with Gasteiger partial charge in [-0.15, -0.1) is 16.7 Å². The van der Waals surface area contributed by atoms with Crippen LogP contribution in [0.4, 0.5) is 5.95 Å². The summed E-state index contributed by atoms with van der Waals surface area (Å²) in [4.78, 5) is 4.48. The summed E-state index contributed by atoms with van der Waals surface area (Å²) >= 11 is 6.35. The quantitative estimate of drug-likeness (QED) is 0.829. The molecule has 1 heterocycles. The molecule has 1 aromatic carbocycles. The van der Waals surface area contributed by atoms with E-state index in [0.717, 1.165) is 29.8 Å². The molecule has 5 heteroatoms. The zero-order valence-electron chi connectivity index (χ0n) is 11.8. The minimum atomic E-state index is -0.115. The highest BCUT2D eigenvalue weighted by Crippen LogP contribution is 2.20. The van der Waals surface area contributed by atoms with Crippen molar-refractivity contribution in [3.63, 3.8) is 0 Å². The van der Waals surface area contributed by atoms with Crippen LogP contribution < -0.4 is 5.32 Å². The Kier molecular flexibility index (Phi) is 5.30. The highest BCUT2D eigenvalue weighted by atomic mass is 35.5. The lowest BCUT2D eigenvalue weighted by atomic mass is 10.1. The maximum atomic E-state index is 6.35. The third-order valence-electron chi connectivity index (χ3n) is 3.11. The molecule has 20 heavy (non-hydrogen) atoms. The number of nitrogens with one attached hydrogen (secondary N) is 1. The SMILES string of the molecule is CCc1nnc(NCC(Cl)c2ccccc2)nc1CC. The molecule has 0 bridgehead atoms. The van der Waals surface area contributed by atoms with Crippen LogP contribution in [0.2, 0.25) is 0 Å².